The molecule has 3 N–H and O–H groups in total. The maximum Gasteiger partial charge on any atom is 0.238 e. The van der Waals surface area contributed by atoms with Gasteiger partial charge in [-0.05, 0) is 69.8 Å². The molecule has 32 heavy (non-hydrogen) atoms. The van der Waals surface area contributed by atoms with Crippen molar-refractivity contribution in [1.29, 1.82) is 0 Å². The lowest BCUT2D eigenvalue weighted by Crippen LogP contribution is -2.50. The van der Waals surface area contributed by atoms with Gasteiger partial charge in [-0.3, -0.25) is 14.5 Å². The van der Waals surface area contributed by atoms with E-state index in [2.05, 4.69) is 15.1 Å². The van der Waals surface area contributed by atoms with E-state index in [9.17, 15) is 18.0 Å². The monoisotopic (exact) mass is 464 g/mol. The second-order valence-corrected chi connectivity index (χ2v) is 10.5. The lowest BCUT2D eigenvalue weighted by atomic mass is 9.94. The van der Waals surface area contributed by atoms with Crippen molar-refractivity contribution in [3.63, 3.8) is 0 Å². The number of sulfonamides is 1. The molecular formula is C23H36N4O4S. The average Bonchev–Trinajstić information content (AvgIpc) is 3.07. The van der Waals surface area contributed by atoms with E-state index in [1.54, 1.807) is 12.1 Å². The number of likely N-dealkylation sites (tertiary alicyclic amines) is 2. The quantitative estimate of drug-likeness (QED) is 0.635. The van der Waals surface area contributed by atoms with E-state index < -0.39 is 10.0 Å². The van der Waals surface area contributed by atoms with E-state index in [4.69, 9.17) is 5.14 Å². The highest BCUT2D eigenvalue weighted by Crippen LogP contribution is 2.23. The number of rotatable bonds is 7. The molecule has 2 fully saturated rings. The van der Waals surface area contributed by atoms with Crippen LogP contribution in [-0.4, -0.2) is 68.8 Å². The third kappa shape index (κ3) is 6.76. The number of benzene rings is 1. The van der Waals surface area contributed by atoms with Crippen molar-refractivity contribution < 1.29 is 18.0 Å². The molecule has 0 aromatic heterocycles. The Balaban J connectivity index is 1.40. The first kappa shape index (κ1) is 24.7. The van der Waals surface area contributed by atoms with Crippen molar-refractivity contribution in [2.45, 2.75) is 62.8 Å². The highest BCUT2D eigenvalue weighted by atomic mass is 32.2. The fourth-order valence-corrected chi connectivity index (χ4v) is 5.09. The lowest BCUT2D eigenvalue weighted by molar-refractivity contribution is -0.137. The van der Waals surface area contributed by atoms with Crippen molar-refractivity contribution in [2.75, 3.05) is 32.7 Å². The van der Waals surface area contributed by atoms with Crippen molar-refractivity contribution >= 4 is 21.8 Å². The van der Waals surface area contributed by atoms with E-state index in [1.807, 2.05) is 6.92 Å². The summed E-state index contributed by atoms with van der Waals surface area (Å²) in [6.07, 6.45) is 6.88. The first-order chi connectivity index (χ1) is 15.3. The Hall–Kier alpha value is -1.97. The molecule has 0 radical (unpaired) electrons. The maximum absolute atomic E-state index is 12.9. The average molecular weight is 465 g/mol. The molecule has 0 unspecified atom stereocenters. The zero-order valence-corrected chi connectivity index (χ0v) is 19.8. The van der Waals surface area contributed by atoms with Crippen LogP contribution in [0.5, 0.6) is 0 Å². The summed E-state index contributed by atoms with van der Waals surface area (Å²) in [4.78, 5) is 29.7. The lowest BCUT2D eigenvalue weighted by Gasteiger charge is -2.36. The molecule has 1 atom stereocenters. The number of nitrogens with two attached hydrogens (primary N) is 1. The number of hydrogen-bond acceptors (Lipinski definition) is 5. The number of hydrogen-bond donors (Lipinski definition) is 2. The number of nitrogens with zero attached hydrogens (tertiary/aromatic N) is 2. The van der Waals surface area contributed by atoms with Gasteiger partial charge in [-0.2, -0.15) is 0 Å². The third-order valence-electron chi connectivity index (χ3n) is 6.69. The zero-order valence-electron chi connectivity index (χ0n) is 19.0. The second-order valence-electron chi connectivity index (χ2n) is 8.96. The van der Waals surface area contributed by atoms with Gasteiger partial charge in [-0.15, -0.1) is 0 Å². The van der Waals surface area contributed by atoms with Crippen LogP contribution in [0.4, 0.5) is 0 Å². The number of nitrogens with one attached hydrogen (secondary N) is 1. The Kier molecular flexibility index (Phi) is 8.67. The van der Waals surface area contributed by atoms with E-state index in [0.717, 1.165) is 57.4 Å². The molecule has 9 heteroatoms. The Bertz CT molecular complexity index is 872. The molecule has 2 amide bonds. The molecule has 0 bridgehead atoms. The summed E-state index contributed by atoms with van der Waals surface area (Å²) in [5, 5.41) is 8.08. The molecule has 1 aromatic rings. The van der Waals surface area contributed by atoms with Crippen LogP contribution in [-0.2, 0) is 26.0 Å². The molecule has 2 saturated heterocycles. The highest BCUT2D eigenvalue weighted by molar-refractivity contribution is 7.89. The molecule has 8 nitrogen and oxygen atoms in total. The molecule has 0 aliphatic carbocycles. The van der Waals surface area contributed by atoms with Gasteiger partial charge in [0.2, 0.25) is 21.8 Å². The van der Waals surface area contributed by atoms with Crippen LogP contribution in [0.15, 0.2) is 29.2 Å². The van der Waals surface area contributed by atoms with Crippen molar-refractivity contribution in [1.82, 2.24) is 15.1 Å². The van der Waals surface area contributed by atoms with Gasteiger partial charge in [0, 0.05) is 25.6 Å². The number of piperidine rings is 1. The molecule has 178 valence electrons. The van der Waals surface area contributed by atoms with Gasteiger partial charge in [0.25, 0.3) is 0 Å². The number of carbonyl (C=O) groups excluding carboxylic acids is 2. The molecule has 0 saturated carbocycles. The summed E-state index contributed by atoms with van der Waals surface area (Å²) in [7, 11) is -3.69. The summed E-state index contributed by atoms with van der Waals surface area (Å²) in [5.74, 6) is 0.362. The molecule has 2 heterocycles. The van der Waals surface area contributed by atoms with Crippen molar-refractivity contribution in [3.05, 3.63) is 29.8 Å². The standard InChI is InChI=1S/C23H36N4O4S/c1-18(22(28)25-13-10-19-6-8-21(9-7-19)32(24,30)31)26-16-11-20(12-17-26)23(29)27-14-4-2-3-5-15-27/h6-9,18,20H,2-5,10-17H2,1H3,(H,25,28)(H2,24,30,31)/t18-/m0/s1. The van der Waals surface area contributed by atoms with Gasteiger partial charge >= 0.3 is 0 Å². The van der Waals surface area contributed by atoms with Gasteiger partial charge in [0.05, 0.1) is 10.9 Å². The van der Waals surface area contributed by atoms with Gasteiger partial charge in [0.1, 0.15) is 0 Å². The van der Waals surface area contributed by atoms with Crippen molar-refractivity contribution in [2.24, 2.45) is 11.1 Å². The van der Waals surface area contributed by atoms with Crippen molar-refractivity contribution in [3.8, 4) is 0 Å². The molecule has 0 spiro atoms. The fraction of sp³-hybridized carbons (Fsp3) is 0.652. The smallest absolute Gasteiger partial charge is 0.238 e. The van der Waals surface area contributed by atoms with Crippen LogP contribution in [0.25, 0.3) is 0 Å². The Morgan fingerprint density at radius 2 is 1.62 bits per heavy atom. The molecular weight excluding hydrogens is 428 g/mol. The second kappa shape index (κ2) is 11.2. The summed E-state index contributed by atoms with van der Waals surface area (Å²) in [6.45, 7) is 5.68. The maximum atomic E-state index is 12.9. The van der Waals surface area contributed by atoms with Gasteiger partial charge in [-0.25, -0.2) is 13.6 Å². The molecule has 2 aliphatic heterocycles. The van der Waals surface area contributed by atoms with Crippen LogP contribution in [0.2, 0.25) is 0 Å². The fourth-order valence-electron chi connectivity index (χ4n) is 4.57. The highest BCUT2D eigenvalue weighted by Gasteiger charge is 2.31. The summed E-state index contributed by atoms with van der Waals surface area (Å²) in [5.41, 5.74) is 0.929. The van der Waals surface area contributed by atoms with Crippen LogP contribution in [0.3, 0.4) is 0 Å². The third-order valence-corrected chi connectivity index (χ3v) is 7.62. The molecule has 3 rings (SSSR count). The summed E-state index contributed by atoms with van der Waals surface area (Å²) >= 11 is 0. The van der Waals surface area contributed by atoms with Crippen LogP contribution in [0.1, 0.15) is 51.0 Å². The van der Waals surface area contributed by atoms with E-state index in [0.29, 0.717) is 18.9 Å². The Labute approximate surface area is 191 Å². The minimum atomic E-state index is -3.69. The largest absolute Gasteiger partial charge is 0.354 e. The van der Waals surface area contributed by atoms with Gasteiger partial charge < -0.3 is 10.2 Å². The normalized spacial score (nSPS) is 19.9. The SMILES string of the molecule is C[C@@H](C(=O)NCCc1ccc(S(N)(=O)=O)cc1)N1CCC(C(=O)N2CCCCCC2)CC1. The molecule has 1 aromatic carbocycles. The predicted molar refractivity (Wildman–Crippen MR) is 123 cm³/mol. The minimum absolute atomic E-state index is 0.0246. The first-order valence-corrected chi connectivity index (χ1v) is 13.2. The van der Waals surface area contributed by atoms with E-state index in [-0.39, 0.29) is 22.8 Å². The van der Waals surface area contributed by atoms with E-state index in [1.165, 1.54) is 25.0 Å². The number of amides is 2. The Morgan fingerprint density at radius 1 is 1.03 bits per heavy atom. The topological polar surface area (TPSA) is 113 Å². The van der Waals surface area contributed by atoms with E-state index >= 15 is 0 Å². The summed E-state index contributed by atoms with van der Waals surface area (Å²) in [6, 6.07) is 6.13. The summed E-state index contributed by atoms with van der Waals surface area (Å²) < 4.78 is 22.6. The van der Waals surface area contributed by atoms with Crippen LogP contribution in [0, 0.1) is 5.92 Å². The number of primary sulfonamides is 1. The first-order valence-electron chi connectivity index (χ1n) is 11.7. The van der Waals surface area contributed by atoms with Gasteiger partial charge in [0.15, 0.2) is 0 Å². The zero-order chi connectivity index (χ0) is 23.1. The molecule has 2 aliphatic rings. The van der Waals surface area contributed by atoms with Crippen LogP contribution < -0.4 is 10.5 Å². The van der Waals surface area contributed by atoms with Gasteiger partial charge in [-0.1, -0.05) is 25.0 Å². The van der Waals surface area contributed by atoms with Crippen LogP contribution >= 0.6 is 0 Å². The number of carbonyl (C=O) groups is 2. The Morgan fingerprint density at radius 3 is 2.19 bits per heavy atom. The minimum Gasteiger partial charge on any atom is -0.354 e. The predicted octanol–water partition coefficient (Wildman–Crippen LogP) is 1.50.